The van der Waals surface area contributed by atoms with Gasteiger partial charge in [0.05, 0.1) is 0 Å². The van der Waals surface area contributed by atoms with Crippen LogP contribution in [0.25, 0.3) is 5.70 Å². The predicted octanol–water partition coefficient (Wildman–Crippen LogP) is 0.617. The topological polar surface area (TPSA) is 102 Å². The van der Waals surface area contributed by atoms with Gasteiger partial charge in [-0.05, 0) is 6.08 Å². The van der Waals surface area contributed by atoms with Gasteiger partial charge in [-0.15, -0.1) is 0 Å². The molecule has 0 atom stereocenters. The summed E-state index contributed by atoms with van der Waals surface area (Å²) in [7, 11) is 0. The standard InChI is InChI=1S/C8H10N2O3/c1-2-3-4(9)5-6(11)8(13)10-7(5)12/h2-3,10-13H,1,9H2/b4-3+. The molecular weight excluding hydrogens is 172 g/mol. The second kappa shape index (κ2) is 3.14. The molecule has 0 unspecified atom stereocenters. The van der Waals surface area contributed by atoms with E-state index in [-0.39, 0.29) is 17.1 Å². The number of aromatic hydroxyl groups is 3. The molecule has 1 aromatic rings. The van der Waals surface area contributed by atoms with Crippen LogP contribution in [0.4, 0.5) is 0 Å². The van der Waals surface area contributed by atoms with E-state index >= 15 is 0 Å². The van der Waals surface area contributed by atoms with E-state index in [1.54, 1.807) is 0 Å². The van der Waals surface area contributed by atoms with Crippen LogP contribution in [-0.2, 0) is 0 Å². The van der Waals surface area contributed by atoms with Crippen LogP contribution in [0.5, 0.6) is 17.5 Å². The number of hydrogen-bond acceptors (Lipinski definition) is 4. The predicted molar refractivity (Wildman–Crippen MR) is 48.1 cm³/mol. The molecule has 0 saturated heterocycles. The summed E-state index contributed by atoms with van der Waals surface area (Å²) in [5.74, 6) is -1.38. The highest BCUT2D eigenvalue weighted by molar-refractivity contribution is 5.75. The van der Waals surface area contributed by atoms with Gasteiger partial charge in [0, 0.05) is 5.70 Å². The minimum Gasteiger partial charge on any atom is -0.503 e. The van der Waals surface area contributed by atoms with Gasteiger partial charge in [0.1, 0.15) is 5.56 Å². The van der Waals surface area contributed by atoms with Crippen LogP contribution < -0.4 is 5.73 Å². The van der Waals surface area contributed by atoms with Crippen LogP contribution in [0, 0.1) is 0 Å². The van der Waals surface area contributed by atoms with Crippen LogP contribution in [-0.4, -0.2) is 20.3 Å². The van der Waals surface area contributed by atoms with Crippen LogP contribution in [0.2, 0.25) is 0 Å². The van der Waals surface area contributed by atoms with Gasteiger partial charge in [-0.2, -0.15) is 0 Å². The molecule has 0 radical (unpaired) electrons. The summed E-state index contributed by atoms with van der Waals surface area (Å²) in [6.07, 6.45) is 2.79. The highest BCUT2D eigenvalue weighted by atomic mass is 16.3. The number of nitrogens with two attached hydrogens (primary N) is 1. The molecule has 0 aliphatic heterocycles. The zero-order valence-corrected chi connectivity index (χ0v) is 6.78. The monoisotopic (exact) mass is 182 g/mol. The van der Waals surface area contributed by atoms with Crippen molar-refractivity contribution in [2.75, 3.05) is 0 Å². The lowest BCUT2D eigenvalue weighted by atomic mass is 10.2. The van der Waals surface area contributed by atoms with Crippen molar-refractivity contribution in [1.82, 2.24) is 4.98 Å². The summed E-state index contributed by atoms with van der Waals surface area (Å²) in [5.41, 5.74) is 5.54. The largest absolute Gasteiger partial charge is 0.503 e. The number of hydrogen-bond donors (Lipinski definition) is 5. The summed E-state index contributed by atoms with van der Waals surface area (Å²) >= 11 is 0. The molecule has 0 aromatic carbocycles. The first-order valence-electron chi connectivity index (χ1n) is 3.49. The lowest BCUT2D eigenvalue weighted by Gasteiger charge is -1.97. The molecule has 13 heavy (non-hydrogen) atoms. The second-order valence-electron chi connectivity index (χ2n) is 2.40. The van der Waals surface area contributed by atoms with E-state index in [2.05, 4.69) is 11.6 Å². The minimum absolute atomic E-state index is 0.0302. The van der Waals surface area contributed by atoms with Crippen molar-refractivity contribution < 1.29 is 15.3 Å². The van der Waals surface area contributed by atoms with E-state index in [1.165, 1.54) is 12.2 Å². The van der Waals surface area contributed by atoms with Gasteiger partial charge >= 0.3 is 0 Å². The van der Waals surface area contributed by atoms with Crippen LogP contribution in [0.15, 0.2) is 18.7 Å². The second-order valence-corrected chi connectivity index (χ2v) is 2.40. The van der Waals surface area contributed by atoms with Gasteiger partial charge in [-0.25, -0.2) is 0 Å². The van der Waals surface area contributed by atoms with Crippen LogP contribution in [0.1, 0.15) is 5.56 Å². The Hall–Kier alpha value is -2.04. The molecule has 0 amide bonds. The number of H-pyrrole nitrogens is 1. The van der Waals surface area contributed by atoms with Gasteiger partial charge in [0.25, 0.3) is 0 Å². The van der Waals surface area contributed by atoms with Gasteiger partial charge in [-0.3, -0.25) is 4.98 Å². The molecule has 0 aliphatic carbocycles. The van der Waals surface area contributed by atoms with Crippen molar-refractivity contribution in [3.05, 3.63) is 24.3 Å². The fraction of sp³-hybridized carbons (Fsp3) is 0. The number of allylic oxidation sites excluding steroid dienone is 2. The average Bonchev–Trinajstić information content (AvgIpc) is 2.27. The molecule has 0 spiro atoms. The number of nitrogens with one attached hydrogen (secondary N) is 1. The van der Waals surface area contributed by atoms with Crippen LogP contribution >= 0.6 is 0 Å². The van der Waals surface area contributed by atoms with E-state index in [9.17, 15) is 10.2 Å². The van der Waals surface area contributed by atoms with Crippen LogP contribution in [0.3, 0.4) is 0 Å². The minimum atomic E-state index is -0.520. The highest BCUT2D eigenvalue weighted by Crippen LogP contribution is 2.38. The van der Waals surface area contributed by atoms with Crippen molar-refractivity contribution >= 4 is 5.70 Å². The molecule has 0 bridgehead atoms. The van der Waals surface area contributed by atoms with Gasteiger partial charge < -0.3 is 21.1 Å². The van der Waals surface area contributed by atoms with E-state index < -0.39 is 11.6 Å². The Morgan fingerprint density at radius 2 is 1.92 bits per heavy atom. The van der Waals surface area contributed by atoms with E-state index in [0.29, 0.717) is 0 Å². The fourth-order valence-electron chi connectivity index (χ4n) is 0.948. The Morgan fingerprint density at radius 1 is 1.31 bits per heavy atom. The Kier molecular flexibility index (Phi) is 2.19. The maximum Gasteiger partial charge on any atom is 0.235 e. The quantitative estimate of drug-likeness (QED) is 0.432. The number of aromatic amines is 1. The summed E-state index contributed by atoms with van der Waals surface area (Å²) in [6, 6.07) is 0. The Balaban J connectivity index is 3.28. The third kappa shape index (κ3) is 1.44. The zero-order chi connectivity index (χ0) is 10.0. The Labute approximate surface area is 74.4 Å². The molecule has 5 nitrogen and oxygen atoms in total. The summed E-state index contributed by atoms with van der Waals surface area (Å²) in [6.45, 7) is 3.40. The van der Waals surface area contributed by atoms with Gasteiger partial charge in [0.2, 0.25) is 11.8 Å². The maximum atomic E-state index is 9.22. The fourth-order valence-corrected chi connectivity index (χ4v) is 0.948. The Morgan fingerprint density at radius 3 is 2.31 bits per heavy atom. The third-order valence-corrected chi connectivity index (χ3v) is 1.52. The normalized spacial score (nSPS) is 11.5. The zero-order valence-electron chi connectivity index (χ0n) is 6.78. The molecule has 1 rings (SSSR count). The average molecular weight is 182 g/mol. The molecular formula is C8H10N2O3. The maximum absolute atomic E-state index is 9.22. The first-order chi connectivity index (χ1) is 6.07. The third-order valence-electron chi connectivity index (χ3n) is 1.52. The number of rotatable bonds is 2. The SMILES string of the molecule is C=C/C=C(/N)c1c(O)[nH]c(O)c1O. The number of aromatic nitrogens is 1. The summed E-state index contributed by atoms with van der Waals surface area (Å²) < 4.78 is 0. The van der Waals surface area contributed by atoms with Crippen molar-refractivity contribution in [2.45, 2.75) is 0 Å². The van der Waals surface area contributed by atoms with Gasteiger partial charge in [0.15, 0.2) is 5.75 Å². The van der Waals surface area contributed by atoms with Crippen molar-refractivity contribution in [2.24, 2.45) is 5.73 Å². The van der Waals surface area contributed by atoms with E-state index in [4.69, 9.17) is 10.8 Å². The lowest BCUT2D eigenvalue weighted by molar-refractivity contribution is 0.391. The van der Waals surface area contributed by atoms with E-state index in [1.807, 2.05) is 0 Å². The summed E-state index contributed by atoms with van der Waals surface area (Å²) in [4.78, 5) is 2.12. The van der Waals surface area contributed by atoms with E-state index in [0.717, 1.165) is 0 Å². The smallest absolute Gasteiger partial charge is 0.235 e. The van der Waals surface area contributed by atoms with Gasteiger partial charge in [-0.1, -0.05) is 12.7 Å². The molecule has 0 saturated carbocycles. The lowest BCUT2D eigenvalue weighted by Crippen LogP contribution is -1.94. The van der Waals surface area contributed by atoms with Crippen molar-refractivity contribution in [3.63, 3.8) is 0 Å². The molecule has 70 valence electrons. The molecule has 0 aliphatic rings. The highest BCUT2D eigenvalue weighted by Gasteiger charge is 2.17. The first kappa shape index (κ1) is 9.05. The molecule has 0 fully saturated rings. The Bertz CT molecular complexity index is 366. The molecule has 1 aromatic heterocycles. The van der Waals surface area contributed by atoms with Crippen molar-refractivity contribution in [1.29, 1.82) is 0 Å². The first-order valence-corrected chi connectivity index (χ1v) is 3.49. The van der Waals surface area contributed by atoms with Crippen molar-refractivity contribution in [3.8, 4) is 17.5 Å². The summed E-state index contributed by atoms with van der Waals surface area (Å²) in [5, 5.41) is 27.4. The molecule has 5 heteroatoms. The molecule has 6 N–H and O–H groups in total. The molecule has 1 heterocycles.